The van der Waals surface area contributed by atoms with Crippen molar-refractivity contribution in [3.05, 3.63) is 0 Å². The Morgan fingerprint density at radius 1 is 0.900 bits per heavy atom. The van der Waals surface area contributed by atoms with E-state index in [-0.39, 0.29) is 0 Å². The van der Waals surface area contributed by atoms with Crippen LogP contribution < -0.4 is 0 Å². The molecule has 0 radical (unpaired) electrons. The Hall–Kier alpha value is 0.130. The molecule has 0 aromatic carbocycles. The zero-order valence-electron chi connectivity index (χ0n) is 15.9. The minimum Gasteiger partial charge on any atom is -0.0746 e. The van der Waals surface area contributed by atoms with Gasteiger partial charge in [-0.25, -0.2) is 0 Å². The maximum Gasteiger partial charge on any atom is 0.127 e. The first-order chi connectivity index (χ1) is 9.11. The Kier molecular flexibility index (Phi) is 9.27. The van der Waals surface area contributed by atoms with Gasteiger partial charge in [0.1, 0.15) is 14.6 Å². The molecule has 3 unspecified atom stereocenters. The summed E-state index contributed by atoms with van der Waals surface area (Å²) in [4.78, 5) is 0. The molecule has 0 nitrogen and oxygen atoms in total. The van der Waals surface area contributed by atoms with Crippen molar-refractivity contribution in [1.82, 2.24) is 0 Å². The Bertz CT molecular complexity index is 246. The molecule has 0 amide bonds. The monoisotopic (exact) mass is 278 g/mol. The predicted octanol–water partition coefficient (Wildman–Crippen LogP) is 5.82. The third-order valence-electron chi connectivity index (χ3n) is 5.56. The summed E-state index contributed by atoms with van der Waals surface area (Å²) in [6.45, 7) is 21.8. The second kappa shape index (κ2) is 9.21. The molecule has 0 aromatic rings. The number of rotatable bonds is 10. The fourth-order valence-corrected chi connectivity index (χ4v) is 3.61. The quantitative estimate of drug-likeness (QED) is 0.441. The summed E-state index contributed by atoms with van der Waals surface area (Å²) in [6.07, 6.45) is 4.13. The van der Waals surface area contributed by atoms with Gasteiger partial charge < -0.3 is 0 Å². The van der Waals surface area contributed by atoms with E-state index in [4.69, 9.17) is 0 Å². The average molecular weight is 278 g/mol. The summed E-state index contributed by atoms with van der Waals surface area (Å²) in [7, 11) is 2.77. The number of hydrogen-bond donors (Lipinski definition) is 0. The van der Waals surface area contributed by atoms with E-state index in [1.807, 2.05) is 0 Å². The summed E-state index contributed by atoms with van der Waals surface area (Å²) in [5.41, 5.74) is 0.477. The molecule has 0 heterocycles. The SMILES string of the molecule is CCC(BC(C)C)C(C)(C)C(C)CC(C)CBC(C)C. The van der Waals surface area contributed by atoms with Crippen molar-refractivity contribution in [3.8, 4) is 0 Å². The van der Waals surface area contributed by atoms with Crippen LogP contribution in [-0.2, 0) is 0 Å². The highest BCUT2D eigenvalue weighted by Crippen LogP contribution is 2.44. The van der Waals surface area contributed by atoms with Crippen LogP contribution in [0.25, 0.3) is 0 Å². The number of hydrogen-bond acceptors (Lipinski definition) is 0. The standard InChI is InChI=1S/C18H40B2/c1-10-17(20-14(4)5)18(8,9)16(7)11-15(6)12-19-13(2)3/h13-17,19-20H,10-12H2,1-9H3. The minimum atomic E-state index is 0.477. The van der Waals surface area contributed by atoms with Crippen LogP contribution in [0.3, 0.4) is 0 Å². The molecule has 3 atom stereocenters. The van der Waals surface area contributed by atoms with Gasteiger partial charge in [0.2, 0.25) is 0 Å². The lowest BCUT2D eigenvalue weighted by Gasteiger charge is -2.41. The second-order valence-electron chi connectivity index (χ2n) is 8.77. The first-order valence-electron chi connectivity index (χ1n) is 9.11. The Morgan fingerprint density at radius 3 is 1.85 bits per heavy atom. The fraction of sp³-hybridized carbons (Fsp3) is 1.00. The van der Waals surface area contributed by atoms with Crippen LogP contribution in [0.2, 0.25) is 23.8 Å². The van der Waals surface area contributed by atoms with Crippen molar-refractivity contribution in [2.45, 2.75) is 98.9 Å². The van der Waals surface area contributed by atoms with Crippen molar-refractivity contribution in [2.24, 2.45) is 17.3 Å². The van der Waals surface area contributed by atoms with E-state index in [0.29, 0.717) is 5.41 Å². The summed E-state index contributed by atoms with van der Waals surface area (Å²) in [5, 5.41) is 0. The maximum absolute atomic E-state index is 2.52. The summed E-state index contributed by atoms with van der Waals surface area (Å²) in [5.74, 6) is 4.25. The normalized spacial score (nSPS) is 17.1. The fourth-order valence-electron chi connectivity index (χ4n) is 3.61. The summed E-state index contributed by atoms with van der Waals surface area (Å²) < 4.78 is 0. The van der Waals surface area contributed by atoms with Crippen LogP contribution in [-0.4, -0.2) is 14.6 Å². The zero-order chi connectivity index (χ0) is 15.9. The van der Waals surface area contributed by atoms with Crippen molar-refractivity contribution in [2.75, 3.05) is 0 Å². The molecule has 0 spiro atoms. The zero-order valence-corrected chi connectivity index (χ0v) is 15.9. The van der Waals surface area contributed by atoms with Crippen LogP contribution in [0.1, 0.15) is 75.2 Å². The Labute approximate surface area is 131 Å². The van der Waals surface area contributed by atoms with Crippen molar-refractivity contribution >= 4 is 14.6 Å². The molecule has 0 aliphatic carbocycles. The van der Waals surface area contributed by atoms with Gasteiger partial charge in [-0.05, 0) is 17.8 Å². The van der Waals surface area contributed by atoms with E-state index in [1.54, 1.807) is 0 Å². The first kappa shape index (κ1) is 20.1. The van der Waals surface area contributed by atoms with Crippen LogP contribution in [0, 0.1) is 17.3 Å². The summed E-state index contributed by atoms with van der Waals surface area (Å²) in [6, 6.07) is 0. The highest BCUT2D eigenvalue weighted by molar-refractivity contribution is 6.39. The molecule has 20 heavy (non-hydrogen) atoms. The van der Waals surface area contributed by atoms with E-state index in [0.717, 1.165) is 29.3 Å². The highest BCUT2D eigenvalue weighted by Gasteiger charge is 2.34. The summed E-state index contributed by atoms with van der Waals surface area (Å²) >= 11 is 0. The Balaban J connectivity index is 4.50. The van der Waals surface area contributed by atoms with Gasteiger partial charge in [-0.15, -0.1) is 0 Å². The molecule has 0 aliphatic heterocycles. The lowest BCUT2D eigenvalue weighted by Crippen LogP contribution is -2.32. The largest absolute Gasteiger partial charge is 0.127 e. The molecule has 0 aliphatic rings. The van der Waals surface area contributed by atoms with Gasteiger partial charge in [0, 0.05) is 0 Å². The molecule has 0 fully saturated rings. The van der Waals surface area contributed by atoms with E-state index >= 15 is 0 Å². The molecule has 0 bridgehead atoms. The minimum absolute atomic E-state index is 0.477. The molecule has 0 saturated carbocycles. The van der Waals surface area contributed by atoms with E-state index in [9.17, 15) is 0 Å². The molecule has 0 rings (SSSR count). The molecule has 118 valence electrons. The van der Waals surface area contributed by atoms with Crippen LogP contribution in [0.15, 0.2) is 0 Å². The Morgan fingerprint density at radius 2 is 1.45 bits per heavy atom. The lowest BCUT2D eigenvalue weighted by atomic mass is 9.45. The van der Waals surface area contributed by atoms with Gasteiger partial charge in [0.05, 0.1) is 0 Å². The maximum atomic E-state index is 2.52. The van der Waals surface area contributed by atoms with Crippen LogP contribution >= 0.6 is 0 Å². The van der Waals surface area contributed by atoms with Gasteiger partial charge >= 0.3 is 0 Å². The molecular weight excluding hydrogens is 238 g/mol. The molecule has 0 saturated heterocycles. The van der Waals surface area contributed by atoms with Gasteiger partial charge in [-0.3, -0.25) is 0 Å². The second-order valence-corrected chi connectivity index (χ2v) is 8.77. The van der Waals surface area contributed by atoms with E-state index < -0.39 is 0 Å². The van der Waals surface area contributed by atoms with E-state index in [2.05, 4.69) is 62.3 Å². The lowest BCUT2D eigenvalue weighted by molar-refractivity contribution is 0.180. The van der Waals surface area contributed by atoms with Crippen LogP contribution in [0.4, 0.5) is 0 Å². The van der Waals surface area contributed by atoms with Gasteiger partial charge in [0.25, 0.3) is 0 Å². The van der Waals surface area contributed by atoms with Crippen molar-refractivity contribution in [3.63, 3.8) is 0 Å². The topological polar surface area (TPSA) is 0 Å². The van der Waals surface area contributed by atoms with Crippen LogP contribution in [0.5, 0.6) is 0 Å². The first-order valence-corrected chi connectivity index (χ1v) is 9.11. The van der Waals surface area contributed by atoms with Gasteiger partial charge in [-0.2, -0.15) is 0 Å². The van der Waals surface area contributed by atoms with Gasteiger partial charge in [-0.1, -0.05) is 98.4 Å². The van der Waals surface area contributed by atoms with Crippen molar-refractivity contribution in [1.29, 1.82) is 0 Å². The molecule has 0 N–H and O–H groups in total. The third-order valence-corrected chi connectivity index (χ3v) is 5.56. The van der Waals surface area contributed by atoms with Gasteiger partial charge in [0.15, 0.2) is 0 Å². The molecule has 0 aromatic heterocycles. The van der Waals surface area contributed by atoms with Crippen molar-refractivity contribution < 1.29 is 0 Å². The smallest absolute Gasteiger partial charge is 0.0746 e. The third kappa shape index (κ3) is 7.23. The molecular formula is C18H40B2. The predicted molar refractivity (Wildman–Crippen MR) is 100 cm³/mol. The van der Waals surface area contributed by atoms with E-state index in [1.165, 1.54) is 33.7 Å². The highest BCUT2D eigenvalue weighted by atomic mass is 14.3. The molecule has 2 heteroatoms. The average Bonchev–Trinajstić information content (AvgIpc) is 2.32.